The zero-order chi connectivity index (χ0) is 20.5. The molecule has 0 aliphatic carbocycles. The van der Waals surface area contributed by atoms with Gasteiger partial charge in [-0.25, -0.2) is 22.9 Å². The number of hydrogen-bond acceptors (Lipinski definition) is 4. The average molecular weight is 387 g/mol. The van der Waals surface area contributed by atoms with E-state index >= 15 is 0 Å². The molecule has 146 valence electrons. The molecule has 0 amide bonds. The topological polar surface area (TPSA) is 57.5 Å². The van der Waals surface area contributed by atoms with Crippen molar-refractivity contribution >= 4 is 23.0 Å². The van der Waals surface area contributed by atoms with Crippen molar-refractivity contribution < 1.29 is 27.8 Å². The van der Waals surface area contributed by atoms with Crippen molar-refractivity contribution in [2.24, 2.45) is 0 Å². The second-order valence-corrected chi connectivity index (χ2v) is 7.23. The van der Waals surface area contributed by atoms with E-state index in [2.05, 4.69) is 0 Å². The van der Waals surface area contributed by atoms with E-state index in [-0.39, 0.29) is 23.2 Å². The van der Waals surface area contributed by atoms with Crippen molar-refractivity contribution in [3.63, 3.8) is 0 Å². The molecule has 5 nitrogen and oxygen atoms in total. The molecule has 0 spiro atoms. The molecular weight excluding hydrogens is 368 g/mol. The van der Waals surface area contributed by atoms with E-state index in [4.69, 9.17) is 9.47 Å². The molecule has 1 heterocycles. The monoisotopic (exact) mass is 387 g/mol. The molecule has 0 unspecified atom stereocenters. The zero-order valence-electron chi connectivity index (χ0n) is 15.7. The quantitative estimate of drug-likeness (QED) is 0.590. The molecule has 0 atom stereocenters. The van der Waals surface area contributed by atoms with Crippen LogP contribution >= 0.6 is 0 Å². The highest BCUT2D eigenvalue weighted by molar-refractivity contribution is 6.01. The summed E-state index contributed by atoms with van der Waals surface area (Å²) >= 11 is 0. The van der Waals surface area contributed by atoms with Gasteiger partial charge in [-0.3, -0.25) is 0 Å². The fourth-order valence-electron chi connectivity index (χ4n) is 2.69. The standard InChI is InChI=1S/C21H19F2NO4/c1-21(2,3)28-19(25)18-11-15-16(23)9-14(22)10-17(15)24(18)20(26)27-12-13-7-5-4-6-8-13/h4-11H,12H2,1-3H3. The molecule has 0 bridgehead atoms. The number of fused-ring (bicyclic) bond motifs is 1. The van der Waals surface area contributed by atoms with Crippen LogP contribution < -0.4 is 0 Å². The summed E-state index contributed by atoms with van der Waals surface area (Å²) < 4.78 is 39.3. The summed E-state index contributed by atoms with van der Waals surface area (Å²) in [7, 11) is 0. The third-order valence-electron chi connectivity index (χ3n) is 3.83. The number of rotatable bonds is 3. The summed E-state index contributed by atoms with van der Waals surface area (Å²) in [5, 5.41) is -0.0843. The summed E-state index contributed by atoms with van der Waals surface area (Å²) in [4.78, 5) is 25.3. The summed E-state index contributed by atoms with van der Waals surface area (Å²) in [6.07, 6.45) is -0.940. The highest BCUT2D eigenvalue weighted by atomic mass is 19.1. The van der Waals surface area contributed by atoms with Gasteiger partial charge in [0.05, 0.1) is 5.52 Å². The summed E-state index contributed by atoms with van der Waals surface area (Å²) in [5.74, 6) is -2.62. The molecule has 0 aliphatic heterocycles. The minimum atomic E-state index is -0.940. The normalized spacial score (nSPS) is 11.5. The Labute approximate surface area is 160 Å². The fraction of sp³-hybridized carbons (Fsp3) is 0.238. The van der Waals surface area contributed by atoms with Crippen molar-refractivity contribution in [1.82, 2.24) is 4.57 Å². The number of carbonyl (C=O) groups is 2. The fourth-order valence-corrected chi connectivity index (χ4v) is 2.69. The number of carbonyl (C=O) groups excluding carboxylic acids is 2. The molecule has 0 saturated carbocycles. The Balaban J connectivity index is 2.03. The Morgan fingerprint density at radius 1 is 1.04 bits per heavy atom. The van der Waals surface area contributed by atoms with E-state index in [9.17, 15) is 18.4 Å². The molecule has 3 rings (SSSR count). The first-order chi connectivity index (χ1) is 13.2. The summed E-state index contributed by atoms with van der Waals surface area (Å²) in [6.45, 7) is 4.91. The van der Waals surface area contributed by atoms with Crippen LogP contribution in [0.3, 0.4) is 0 Å². The van der Waals surface area contributed by atoms with E-state index in [0.717, 1.165) is 22.3 Å². The van der Waals surface area contributed by atoms with Crippen LogP contribution in [0.25, 0.3) is 10.9 Å². The van der Waals surface area contributed by atoms with Gasteiger partial charge in [-0.1, -0.05) is 30.3 Å². The molecule has 0 fully saturated rings. The van der Waals surface area contributed by atoms with Gasteiger partial charge in [0.15, 0.2) is 0 Å². The van der Waals surface area contributed by atoms with Crippen molar-refractivity contribution in [3.8, 4) is 0 Å². The van der Waals surface area contributed by atoms with Gasteiger partial charge in [0.1, 0.15) is 29.5 Å². The lowest BCUT2D eigenvalue weighted by Gasteiger charge is -2.20. The number of esters is 1. The average Bonchev–Trinajstić information content (AvgIpc) is 2.99. The predicted molar refractivity (Wildman–Crippen MR) is 99.0 cm³/mol. The number of ether oxygens (including phenoxy) is 2. The van der Waals surface area contributed by atoms with Crippen LogP contribution in [0.1, 0.15) is 36.8 Å². The van der Waals surface area contributed by atoms with Crippen LogP contribution in [0.15, 0.2) is 48.5 Å². The van der Waals surface area contributed by atoms with Gasteiger partial charge in [0.25, 0.3) is 0 Å². The molecule has 0 aliphatic rings. The summed E-state index contributed by atoms with van der Waals surface area (Å²) in [5.41, 5.74) is -0.469. The zero-order valence-corrected chi connectivity index (χ0v) is 15.7. The van der Waals surface area contributed by atoms with Gasteiger partial charge in [-0.05, 0) is 38.5 Å². The molecule has 1 aromatic heterocycles. The Morgan fingerprint density at radius 3 is 2.36 bits per heavy atom. The molecule has 0 N–H and O–H groups in total. The van der Waals surface area contributed by atoms with Gasteiger partial charge in [-0.15, -0.1) is 0 Å². The molecule has 7 heteroatoms. The SMILES string of the molecule is CC(C)(C)OC(=O)c1cc2c(F)cc(F)cc2n1C(=O)OCc1ccccc1. The van der Waals surface area contributed by atoms with Gasteiger partial charge < -0.3 is 9.47 Å². The molecule has 3 aromatic rings. The van der Waals surface area contributed by atoms with Gasteiger partial charge >= 0.3 is 12.1 Å². The second-order valence-electron chi connectivity index (χ2n) is 7.23. The van der Waals surface area contributed by atoms with Gasteiger partial charge in [-0.2, -0.15) is 0 Å². The van der Waals surface area contributed by atoms with Gasteiger partial charge in [0, 0.05) is 11.5 Å². The molecular formula is C21H19F2NO4. The van der Waals surface area contributed by atoms with E-state index in [1.165, 1.54) is 0 Å². The third-order valence-corrected chi connectivity index (χ3v) is 3.83. The Bertz CT molecular complexity index is 1040. The maximum absolute atomic E-state index is 14.2. The smallest absolute Gasteiger partial charge is 0.419 e. The highest BCUT2D eigenvalue weighted by Gasteiger charge is 2.27. The first-order valence-electron chi connectivity index (χ1n) is 8.60. The maximum Gasteiger partial charge on any atom is 0.419 e. The maximum atomic E-state index is 14.2. The van der Waals surface area contributed by atoms with Crippen LogP contribution in [0.2, 0.25) is 0 Å². The van der Waals surface area contributed by atoms with E-state index in [0.29, 0.717) is 6.07 Å². The van der Waals surface area contributed by atoms with Crippen molar-refractivity contribution in [3.05, 3.63) is 71.4 Å². The lowest BCUT2D eigenvalue weighted by molar-refractivity contribution is 0.00572. The van der Waals surface area contributed by atoms with Crippen molar-refractivity contribution in [1.29, 1.82) is 0 Å². The predicted octanol–water partition coefficient (Wildman–Crippen LogP) is 5.06. The Hall–Kier alpha value is -3.22. The second kappa shape index (κ2) is 7.42. The molecule has 2 aromatic carbocycles. The minimum absolute atomic E-state index is 0.0646. The van der Waals surface area contributed by atoms with Crippen molar-refractivity contribution in [2.75, 3.05) is 0 Å². The largest absolute Gasteiger partial charge is 0.455 e. The lowest BCUT2D eigenvalue weighted by atomic mass is 10.2. The van der Waals surface area contributed by atoms with Crippen LogP contribution in [-0.4, -0.2) is 22.2 Å². The first-order valence-corrected chi connectivity index (χ1v) is 8.60. The molecule has 28 heavy (non-hydrogen) atoms. The van der Waals surface area contributed by atoms with E-state index in [1.807, 2.05) is 6.07 Å². The molecule has 0 radical (unpaired) electrons. The number of benzene rings is 2. The van der Waals surface area contributed by atoms with Crippen LogP contribution in [0, 0.1) is 11.6 Å². The van der Waals surface area contributed by atoms with Crippen LogP contribution in [0.4, 0.5) is 13.6 Å². The van der Waals surface area contributed by atoms with E-state index < -0.39 is 29.3 Å². The summed E-state index contributed by atoms with van der Waals surface area (Å²) in [6, 6.07) is 11.7. The Morgan fingerprint density at radius 2 is 1.71 bits per heavy atom. The molecule has 0 saturated heterocycles. The van der Waals surface area contributed by atoms with Crippen molar-refractivity contribution in [2.45, 2.75) is 33.0 Å². The van der Waals surface area contributed by atoms with Gasteiger partial charge in [0.2, 0.25) is 0 Å². The third kappa shape index (κ3) is 4.19. The number of hydrogen-bond donors (Lipinski definition) is 0. The van der Waals surface area contributed by atoms with Crippen LogP contribution in [0.5, 0.6) is 0 Å². The number of nitrogens with zero attached hydrogens (tertiary/aromatic N) is 1. The van der Waals surface area contributed by atoms with Crippen LogP contribution in [-0.2, 0) is 16.1 Å². The highest BCUT2D eigenvalue weighted by Crippen LogP contribution is 2.26. The lowest BCUT2D eigenvalue weighted by Crippen LogP contribution is -2.27. The Kier molecular flexibility index (Phi) is 5.18. The minimum Gasteiger partial charge on any atom is -0.455 e. The number of halogens is 2. The number of aromatic nitrogens is 1. The first kappa shape index (κ1) is 19.5. The van der Waals surface area contributed by atoms with E-state index in [1.54, 1.807) is 45.0 Å².